The van der Waals surface area contributed by atoms with Gasteiger partial charge in [-0.2, -0.15) is 0 Å². The molecule has 0 radical (unpaired) electrons. The van der Waals surface area contributed by atoms with Crippen molar-refractivity contribution in [1.29, 1.82) is 0 Å². The molecule has 19 heavy (non-hydrogen) atoms. The summed E-state index contributed by atoms with van der Waals surface area (Å²) < 4.78 is 0. The molecule has 2 rings (SSSR count). The minimum Gasteiger partial charge on any atom is -0.480 e. The van der Waals surface area contributed by atoms with E-state index in [9.17, 15) is 19.5 Å². The number of amides is 1. The van der Waals surface area contributed by atoms with E-state index < -0.39 is 22.8 Å². The molecule has 0 bridgehead atoms. The van der Waals surface area contributed by atoms with Gasteiger partial charge in [0.1, 0.15) is 11.1 Å². The van der Waals surface area contributed by atoms with E-state index in [-0.39, 0.29) is 5.56 Å². The number of rotatable bonds is 2. The number of aromatic nitrogens is 1. The van der Waals surface area contributed by atoms with Gasteiger partial charge < -0.3 is 15.0 Å². The molecule has 1 saturated heterocycles. The number of hydrogen-bond acceptors (Lipinski definition) is 3. The maximum Gasteiger partial charge on any atom is 0.329 e. The quantitative estimate of drug-likeness (QED) is 0.828. The fourth-order valence-corrected chi connectivity index (χ4v) is 2.40. The average molecular weight is 264 g/mol. The largest absolute Gasteiger partial charge is 0.480 e. The molecule has 1 unspecified atom stereocenters. The van der Waals surface area contributed by atoms with Crippen LogP contribution in [0.15, 0.2) is 23.3 Å². The van der Waals surface area contributed by atoms with E-state index in [0.29, 0.717) is 13.0 Å². The standard InChI is InChI=1S/C13H16N2O4/c1-13(12(18)19)5-2-3-7-15(13)11(17)9-8-14-6-4-10(9)16/h4,6,8H,2-3,5,7H2,1H3,(H,14,16)(H,18,19). The highest BCUT2D eigenvalue weighted by atomic mass is 16.4. The van der Waals surface area contributed by atoms with Crippen LogP contribution >= 0.6 is 0 Å². The maximum absolute atomic E-state index is 12.4. The predicted molar refractivity (Wildman–Crippen MR) is 68.0 cm³/mol. The van der Waals surface area contributed by atoms with Crippen LogP contribution in [0, 0.1) is 0 Å². The summed E-state index contributed by atoms with van der Waals surface area (Å²) in [6, 6.07) is 1.26. The van der Waals surface area contributed by atoms with Gasteiger partial charge >= 0.3 is 5.97 Å². The lowest BCUT2D eigenvalue weighted by atomic mass is 9.88. The molecule has 1 aromatic rings. The highest BCUT2D eigenvalue weighted by molar-refractivity contribution is 5.97. The van der Waals surface area contributed by atoms with Crippen LogP contribution in [0.5, 0.6) is 0 Å². The molecule has 0 aliphatic carbocycles. The van der Waals surface area contributed by atoms with Crippen LogP contribution in [0.1, 0.15) is 36.5 Å². The third kappa shape index (κ3) is 2.25. The zero-order valence-electron chi connectivity index (χ0n) is 10.7. The van der Waals surface area contributed by atoms with Crippen LogP contribution in [0.3, 0.4) is 0 Å². The highest BCUT2D eigenvalue weighted by Crippen LogP contribution is 2.29. The molecule has 1 atom stereocenters. The third-order valence-corrected chi connectivity index (χ3v) is 3.65. The number of nitrogens with zero attached hydrogens (tertiary/aromatic N) is 1. The number of carboxylic acids is 1. The Morgan fingerprint density at radius 2 is 2.16 bits per heavy atom. The highest BCUT2D eigenvalue weighted by Gasteiger charge is 2.44. The van der Waals surface area contributed by atoms with Crippen molar-refractivity contribution in [2.45, 2.75) is 31.7 Å². The molecule has 1 amide bonds. The van der Waals surface area contributed by atoms with Crippen molar-refractivity contribution in [3.05, 3.63) is 34.2 Å². The summed E-state index contributed by atoms with van der Waals surface area (Å²) in [4.78, 5) is 39.5. The summed E-state index contributed by atoms with van der Waals surface area (Å²) in [5.41, 5.74) is -1.66. The minimum absolute atomic E-state index is 0.0168. The number of hydrogen-bond donors (Lipinski definition) is 2. The lowest BCUT2D eigenvalue weighted by molar-refractivity contribution is -0.150. The second kappa shape index (κ2) is 4.87. The van der Waals surface area contributed by atoms with Crippen molar-refractivity contribution in [3.63, 3.8) is 0 Å². The number of carboxylic acid groups (broad SMARTS) is 1. The molecule has 1 fully saturated rings. The Balaban J connectivity index is 2.39. The molecule has 2 N–H and O–H groups in total. The zero-order valence-corrected chi connectivity index (χ0v) is 10.7. The lowest BCUT2D eigenvalue weighted by Crippen LogP contribution is -2.58. The van der Waals surface area contributed by atoms with Crippen molar-refractivity contribution in [3.8, 4) is 0 Å². The van der Waals surface area contributed by atoms with Gasteiger partial charge in [-0.25, -0.2) is 4.79 Å². The molecule has 2 heterocycles. The summed E-state index contributed by atoms with van der Waals surface area (Å²) in [5.74, 6) is -1.56. The monoisotopic (exact) mass is 264 g/mol. The number of aliphatic carboxylic acids is 1. The Labute approximate surface area is 110 Å². The fraction of sp³-hybridized carbons (Fsp3) is 0.462. The van der Waals surface area contributed by atoms with Crippen LogP contribution < -0.4 is 5.43 Å². The average Bonchev–Trinajstić information content (AvgIpc) is 2.39. The number of likely N-dealkylation sites (tertiary alicyclic amines) is 1. The van der Waals surface area contributed by atoms with E-state index in [4.69, 9.17) is 0 Å². The molecule has 6 nitrogen and oxygen atoms in total. The first-order valence-electron chi connectivity index (χ1n) is 6.19. The zero-order chi connectivity index (χ0) is 14.0. The summed E-state index contributed by atoms with van der Waals surface area (Å²) >= 11 is 0. The molecular weight excluding hydrogens is 248 g/mol. The van der Waals surface area contributed by atoms with Gasteiger partial charge in [0.2, 0.25) is 0 Å². The van der Waals surface area contributed by atoms with Gasteiger partial charge in [0.15, 0.2) is 5.43 Å². The Morgan fingerprint density at radius 1 is 1.42 bits per heavy atom. The minimum atomic E-state index is -1.24. The summed E-state index contributed by atoms with van der Waals surface area (Å²) in [5, 5.41) is 9.35. The normalized spacial score (nSPS) is 23.1. The van der Waals surface area contributed by atoms with Gasteiger partial charge in [0, 0.05) is 25.0 Å². The molecular formula is C13H16N2O4. The second-order valence-corrected chi connectivity index (χ2v) is 4.92. The first-order chi connectivity index (χ1) is 8.97. The number of aromatic amines is 1. The Bertz CT molecular complexity index is 566. The molecule has 0 aromatic carbocycles. The second-order valence-electron chi connectivity index (χ2n) is 4.92. The van der Waals surface area contributed by atoms with E-state index in [1.165, 1.54) is 30.3 Å². The molecule has 6 heteroatoms. The number of carbonyl (C=O) groups excluding carboxylic acids is 1. The van der Waals surface area contributed by atoms with Crippen LogP contribution in [0.4, 0.5) is 0 Å². The number of H-pyrrole nitrogens is 1. The Hall–Kier alpha value is -2.11. The van der Waals surface area contributed by atoms with Crippen LogP contribution in [-0.2, 0) is 4.79 Å². The fourth-order valence-electron chi connectivity index (χ4n) is 2.40. The van der Waals surface area contributed by atoms with E-state index in [1.54, 1.807) is 0 Å². The molecule has 0 saturated carbocycles. The SMILES string of the molecule is CC1(C(=O)O)CCCCN1C(=O)c1c[nH]ccc1=O. The Morgan fingerprint density at radius 3 is 2.79 bits per heavy atom. The van der Waals surface area contributed by atoms with Crippen molar-refractivity contribution < 1.29 is 14.7 Å². The Kier molecular flexibility index (Phi) is 3.42. The van der Waals surface area contributed by atoms with Crippen molar-refractivity contribution in [2.75, 3.05) is 6.54 Å². The van der Waals surface area contributed by atoms with Gasteiger partial charge in [-0.1, -0.05) is 0 Å². The van der Waals surface area contributed by atoms with Gasteiger partial charge in [0.25, 0.3) is 5.91 Å². The van der Waals surface area contributed by atoms with Crippen molar-refractivity contribution in [2.24, 2.45) is 0 Å². The smallest absolute Gasteiger partial charge is 0.329 e. The van der Waals surface area contributed by atoms with Gasteiger partial charge in [0.05, 0.1) is 0 Å². The summed E-state index contributed by atoms with van der Waals surface area (Å²) in [6.07, 6.45) is 4.67. The maximum atomic E-state index is 12.4. The number of carbonyl (C=O) groups is 2. The predicted octanol–water partition coefficient (Wildman–Crippen LogP) is 0.844. The van der Waals surface area contributed by atoms with E-state index >= 15 is 0 Å². The number of piperidine rings is 1. The van der Waals surface area contributed by atoms with Gasteiger partial charge in [-0.15, -0.1) is 0 Å². The molecule has 1 aliphatic heterocycles. The van der Waals surface area contributed by atoms with Crippen LogP contribution in [-0.4, -0.2) is 39.0 Å². The first-order valence-corrected chi connectivity index (χ1v) is 6.19. The topological polar surface area (TPSA) is 90.5 Å². The lowest BCUT2D eigenvalue weighted by Gasteiger charge is -2.41. The molecule has 1 aliphatic rings. The summed E-state index contributed by atoms with van der Waals surface area (Å²) in [7, 11) is 0. The molecule has 102 valence electrons. The molecule has 1 aromatic heterocycles. The van der Waals surface area contributed by atoms with Crippen molar-refractivity contribution >= 4 is 11.9 Å². The van der Waals surface area contributed by atoms with E-state index in [2.05, 4.69) is 4.98 Å². The van der Waals surface area contributed by atoms with Gasteiger partial charge in [-0.3, -0.25) is 9.59 Å². The van der Waals surface area contributed by atoms with Gasteiger partial charge in [-0.05, 0) is 26.2 Å². The molecule has 0 spiro atoms. The van der Waals surface area contributed by atoms with Crippen molar-refractivity contribution in [1.82, 2.24) is 9.88 Å². The number of pyridine rings is 1. The van der Waals surface area contributed by atoms with E-state index in [1.807, 2.05) is 0 Å². The summed E-state index contributed by atoms with van der Waals surface area (Å²) in [6.45, 7) is 1.89. The first kappa shape index (κ1) is 13.3. The number of nitrogens with one attached hydrogen (secondary N) is 1. The van der Waals surface area contributed by atoms with Crippen LogP contribution in [0.2, 0.25) is 0 Å². The third-order valence-electron chi connectivity index (χ3n) is 3.65. The van der Waals surface area contributed by atoms with Crippen LogP contribution in [0.25, 0.3) is 0 Å². The van der Waals surface area contributed by atoms with E-state index in [0.717, 1.165) is 12.8 Å².